The number of carbonyl (C=O) groups excluding carboxylic acids is 1. The van der Waals surface area contributed by atoms with Gasteiger partial charge in [0.1, 0.15) is 0 Å². The quantitative estimate of drug-likeness (QED) is 0.834. The minimum absolute atomic E-state index is 0.0842. The number of nitrogens with one attached hydrogen (secondary N) is 1. The Kier molecular flexibility index (Phi) is 4.09. The lowest BCUT2D eigenvalue weighted by Crippen LogP contribution is -2.47. The lowest BCUT2D eigenvalue weighted by Gasteiger charge is -2.28. The largest absolute Gasteiger partial charge is 0.335 e. The molecule has 0 aromatic carbocycles. The molecule has 92 valence electrons. The molecule has 1 N–H and O–H groups in total. The third-order valence-electron chi connectivity index (χ3n) is 3.07. The Morgan fingerprint density at radius 2 is 2.35 bits per heavy atom. The minimum atomic E-state index is -0.0842. The summed E-state index contributed by atoms with van der Waals surface area (Å²) < 4.78 is 0. The van der Waals surface area contributed by atoms with Crippen molar-refractivity contribution in [1.82, 2.24) is 15.2 Å². The monoisotopic (exact) mass is 233 g/mol. The number of rotatable bonds is 2. The lowest BCUT2D eigenvalue weighted by atomic mass is 10.1. The number of hydrogen-bond donors (Lipinski definition) is 1. The molecule has 1 saturated heterocycles. The Balaban J connectivity index is 2.04. The van der Waals surface area contributed by atoms with Crippen molar-refractivity contribution in [2.24, 2.45) is 0 Å². The molecule has 0 spiro atoms. The van der Waals surface area contributed by atoms with Crippen LogP contribution in [0.15, 0.2) is 24.4 Å². The van der Waals surface area contributed by atoms with Gasteiger partial charge in [-0.2, -0.15) is 0 Å². The maximum absolute atomic E-state index is 12.1. The van der Waals surface area contributed by atoms with Crippen LogP contribution < -0.4 is 5.32 Å². The van der Waals surface area contributed by atoms with Crippen LogP contribution >= 0.6 is 0 Å². The van der Waals surface area contributed by atoms with Crippen molar-refractivity contribution in [3.63, 3.8) is 0 Å². The molecule has 0 aliphatic carbocycles. The number of hydrogen-bond acceptors (Lipinski definition) is 3. The molecule has 0 radical (unpaired) electrons. The van der Waals surface area contributed by atoms with Crippen LogP contribution in [0.25, 0.3) is 0 Å². The highest BCUT2D eigenvalue weighted by Gasteiger charge is 2.21. The molecule has 1 aromatic rings. The van der Waals surface area contributed by atoms with Crippen molar-refractivity contribution in [1.29, 1.82) is 0 Å². The van der Waals surface area contributed by atoms with Crippen molar-refractivity contribution in [2.75, 3.05) is 13.1 Å². The molecule has 17 heavy (non-hydrogen) atoms. The minimum Gasteiger partial charge on any atom is -0.335 e. The van der Waals surface area contributed by atoms with Crippen LogP contribution in [0.2, 0.25) is 0 Å². The Bertz CT molecular complexity index is 366. The molecule has 2 heterocycles. The lowest BCUT2D eigenvalue weighted by molar-refractivity contribution is -0.134. The van der Waals surface area contributed by atoms with Crippen LogP contribution in [-0.2, 0) is 11.3 Å². The van der Waals surface area contributed by atoms with Crippen LogP contribution in [-0.4, -0.2) is 34.9 Å². The van der Waals surface area contributed by atoms with E-state index in [4.69, 9.17) is 0 Å². The van der Waals surface area contributed by atoms with Gasteiger partial charge < -0.3 is 10.2 Å². The number of aromatic nitrogens is 1. The predicted octanol–water partition coefficient (Wildman–Crippen LogP) is 1.18. The third-order valence-corrected chi connectivity index (χ3v) is 3.07. The van der Waals surface area contributed by atoms with Crippen molar-refractivity contribution in [3.05, 3.63) is 30.1 Å². The van der Waals surface area contributed by atoms with E-state index in [-0.39, 0.29) is 11.9 Å². The molecule has 0 saturated carbocycles. The molecule has 1 amide bonds. The first-order valence-corrected chi connectivity index (χ1v) is 6.19. The van der Waals surface area contributed by atoms with Crippen LogP contribution in [0.3, 0.4) is 0 Å². The number of pyridine rings is 1. The second-order valence-electron chi connectivity index (χ2n) is 4.46. The molecule has 4 heteroatoms. The summed E-state index contributed by atoms with van der Waals surface area (Å²) in [5.74, 6) is 0.176. The maximum atomic E-state index is 12.1. The summed E-state index contributed by atoms with van der Waals surface area (Å²) in [5, 5.41) is 3.24. The fraction of sp³-hybridized carbons (Fsp3) is 0.538. The number of nitrogens with zero attached hydrogens (tertiary/aromatic N) is 2. The third kappa shape index (κ3) is 3.27. The maximum Gasteiger partial charge on any atom is 0.239 e. The highest BCUT2D eigenvalue weighted by molar-refractivity contribution is 5.81. The van der Waals surface area contributed by atoms with Crippen LogP contribution in [0.1, 0.15) is 25.5 Å². The first-order chi connectivity index (χ1) is 8.27. The van der Waals surface area contributed by atoms with Crippen molar-refractivity contribution in [3.8, 4) is 0 Å². The van der Waals surface area contributed by atoms with Gasteiger partial charge >= 0.3 is 0 Å². The van der Waals surface area contributed by atoms with Gasteiger partial charge in [0.2, 0.25) is 5.91 Å². The summed E-state index contributed by atoms with van der Waals surface area (Å²) in [6, 6.07) is 5.73. The normalized spacial score (nSPS) is 22.1. The van der Waals surface area contributed by atoms with E-state index in [0.29, 0.717) is 6.54 Å². The van der Waals surface area contributed by atoms with Gasteiger partial charge in [0.15, 0.2) is 0 Å². The smallest absolute Gasteiger partial charge is 0.239 e. The second-order valence-corrected chi connectivity index (χ2v) is 4.46. The van der Waals surface area contributed by atoms with Crippen LogP contribution in [0, 0.1) is 0 Å². The van der Waals surface area contributed by atoms with Crippen molar-refractivity contribution >= 4 is 5.91 Å². The summed E-state index contributed by atoms with van der Waals surface area (Å²) in [6.07, 6.45) is 3.94. The molecule has 1 aliphatic rings. The zero-order chi connectivity index (χ0) is 12.1. The van der Waals surface area contributed by atoms with Gasteiger partial charge in [-0.15, -0.1) is 0 Å². The Morgan fingerprint density at radius 3 is 3.12 bits per heavy atom. The molecule has 1 aromatic heterocycles. The molecule has 1 atom stereocenters. The number of amides is 1. The van der Waals surface area contributed by atoms with Crippen LogP contribution in [0.5, 0.6) is 0 Å². The van der Waals surface area contributed by atoms with E-state index in [2.05, 4.69) is 10.3 Å². The van der Waals surface area contributed by atoms with Gasteiger partial charge in [0, 0.05) is 12.7 Å². The molecule has 2 rings (SSSR count). The fourth-order valence-corrected chi connectivity index (χ4v) is 2.06. The first kappa shape index (κ1) is 12.0. The van der Waals surface area contributed by atoms with Gasteiger partial charge in [-0.05, 0) is 38.4 Å². The molecule has 4 nitrogen and oxygen atoms in total. The second kappa shape index (κ2) is 5.77. The van der Waals surface area contributed by atoms with E-state index in [1.54, 1.807) is 6.20 Å². The highest BCUT2D eigenvalue weighted by Crippen LogP contribution is 2.08. The summed E-state index contributed by atoms with van der Waals surface area (Å²) in [7, 11) is 0. The average molecular weight is 233 g/mol. The topological polar surface area (TPSA) is 45.2 Å². The molecule has 1 fully saturated rings. The average Bonchev–Trinajstić information content (AvgIpc) is 2.36. The van der Waals surface area contributed by atoms with E-state index in [1.165, 1.54) is 0 Å². The SMILES string of the molecule is CC1NCCCCN(Cc2ccccn2)C1=O. The fourth-order valence-electron chi connectivity index (χ4n) is 2.06. The zero-order valence-corrected chi connectivity index (χ0v) is 10.2. The molecule has 1 aliphatic heterocycles. The molecular formula is C13H19N3O. The van der Waals surface area contributed by atoms with Gasteiger partial charge in [0.25, 0.3) is 0 Å². The standard InChI is InChI=1S/C13H19N3O/c1-11-13(17)16(9-5-4-7-14-11)10-12-6-2-3-8-15-12/h2-3,6,8,11,14H,4-5,7,9-10H2,1H3. The van der Waals surface area contributed by atoms with Crippen molar-refractivity contribution in [2.45, 2.75) is 32.4 Å². The highest BCUT2D eigenvalue weighted by atomic mass is 16.2. The van der Waals surface area contributed by atoms with E-state index in [1.807, 2.05) is 30.0 Å². The van der Waals surface area contributed by atoms with Gasteiger partial charge in [0.05, 0.1) is 18.3 Å². The van der Waals surface area contributed by atoms with E-state index in [9.17, 15) is 4.79 Å². The molecule has 1 unspecified atom stereocenters. The summed E-state index contributed by atoms with van der Waals surface area (Å²) in [6.45, 7) is 4.32. The first-order valence-electron chi connectivity index (χ1n) is 6.19. The van der Waals surface area contributed by atoms with E-state index in [0.717, 1.165) is 31.6 Å². The van der Waals surface area contributed by atoms with Gasteiger partial charge in [-0.25, -0.2) is 0 Å². The molecule has 0 bridgehead atoms. The van der Waals surface area contributed by atoms with Gasteiger partial charge in [-0.1, -0.05) is 6.07 Å². The predicted molar refractivity (Wildman–Crippen MR) is 66.4 cm³/mol. The molecular weight excluding hydrogens is 214 g/mol. The number of carbonyl (C=O) groups is 1. The zero-order valence-electron chi connectivity index (χ0n) is 10.2. The van der Waals surface area contributed by atoms with E-state index < -0.39 is 0 Å². The summed E-state index contributed by atoms with van der Waals surface area (Å²) in [4.78, 5) is 18.3. The Morgan fingerprint density at radius 1 is 1.47 bits per heavy atom. The Hall–Kier alpha value is -1.42. The van der Waals surface area contributed by atoms with Crippen LogP contribution in [0.4, 0.5) is 0 Å². The van der Waals surface area contributed by atoms with E-state index >= 15 is 0 Å². The Labute approximate surface area is 102 Å². The summed E-state index contributed by atoms with van der Waals surface area (Å²) >= 11 is 0. The van der Waals surface area contributed by atoms with Gasteiger partial charge in [-0.3, -0.25) is 9.78 Å². The van der Waals surface area contributed by atoms with Crippen molar-refractivity contribution < 1.29 is 4.79 Å². The summed E-state index contributed by atoms with van der Waals surface area (Å²) in [5.41, 5.74) is 0.952.